The number of aliphatic hydroxyl groups is 2. The Morgan fingerprint density at radius 3 is 2.36 bits per heavy atom. The number of halogens is 1. The average molecular weight is 500 g/mol. The number of benzene rings is 2. The van der Waals surface area contributed by atoms with Crippen LogP contribution in [0.1, 0.15) is 30.9 Å². The molecule has 2 N–H and O–H groups in total. The Labute approximate surface area is 213 Å². The molecule has 2 aromatic carbocycles. The van der Waals surface area contributed by atoms with Crippen molar-refractivity contribution in [1.82, 2.24) is 9.80 Å². The van der Waals surface area contributed by atoms with Gasteiger partial charge in [0, 0.05) is 51.9 Å². The molecule has 2 aromatic rings. The Morgan fingerprint density at radius 1 is 0.972 bits per heavy atom. The molecule has 36 heavy (non-hydrogen) atoms. The van der Waals surface area contributed by atoms with E-state index in [4.69, 9.17) is 4.74 Å². The van der Waals surface area contributed by atoms with Gasteiger partial charge in [-0.3, -0.25) is 9.69 Å². The predicted molar refractivity (Wildman–Crippen MR) is 138 cm³/mol. The van der Waals surface area contributed by atoms with Crippen LogP contribution < -0.4 is 9.64 Å². The molecule has 0 spiro atoms. The molecule has 0 aliphatic carbocycles. The lowest BCUT2D eigenvalue weighted by molar-refractivity contribution is -0.132. The van der Waals surface area contributed by atoms with E-state index in [1.807, 2.05) is 17.0 Å². The van der Waals surface area contributed by atoms with Gasteiger partial charge in [0.15, 0.2) is 0 Å². The van der Waals surface area contributed by atoms with Gasteiger partial charge in [0.25, 0.3) is 0 Å². The smallest absolute Gasteiger partial charge is 0.219 e. The minimum Gasteiger partial charge on any atom is -0.490 e. The van der Waals surface area contributed by atoms with E-state index in [1.165, 1.54) is 30.3 Å². The van der Waals surface area contributed by atoms with Crippen LogP contribution in [0, 0.1) is 19.7 Å². The van der Waals surface area contributed by atoms with Crippen molar-refractivity contribution >= 4 is 11.6 Å². The molecule has 2 heterocycles. The SMILES string of the molecule is CC(=O)N1CCN(CC2(O)CCN(c3ccccc3C)CC2)C[C@](O)(COc2ccc(F)c(C)c2)C1. The van der Waals surface area contributed by atoms with E-state index < -0.39 is 11.2 Å². The number of piperidine rings is 1. The number of hydrogen-bond acceptors (Lipinski definition) is 6. The number of para-hydroxylation sites is 1. The zero-order valence-corrected chi connectivity index (χ0v) is 21.5. The third kappa shape index (κ3) is 6.35. The molecule has 0 aromatic heterocycles. The van der Waals surface area contributed by atoms with E-state index in [0.717, 1.165) is 13.1 Å². The highest BCUT2D eigenvalue weighted by molar-refractivity contribution is 5.73. The normalized spacial score (nSPS) is 22.8. The van der Waals surface area contributed by atoms with Crippen LogP contribution in [0.3, 0.4) is 0 Å². The van der Waals surface area contributed by atoms with Crippen molar-refractivity contribution in [2.75, 3.05) is 57.3 Å². The summed E-state index contributed by atoms with van der Waals surface area (Å²) in [5.41, 5.74) is 0.685. The lowest BCUT2D eigenvalue weighted by atomic mass is 9.89. The number of rotatable bonds is 6. The first-order valence-corrected chi connectivity index (χ1v) is 12.7. The molecule has 2 aliphatic rings. The summed E-state index contributed by atoms with van der Waals surface area (Å²) in [6.07, 6.45) is 1.25. The zero-order chi connectivity index (χ0) is 25.9. The Balaban J connectivity index is 1.42. The monoisotopic (exact) mass is 499 g/mol. The number of β-amino-alcohol motifs (C(OH)–C–C–N with tert-alkyl or cyclic N) is 2. The number of ether oxygens (including phenoxy) is 1. The maximum Gasteiger partial charge on any atom is 0.219 e. The number of carbonyl (C=O) groups excluding carboxylic acids is 1. The summed E-state index contributed by atoms with van der Waals surface area (Å²) in [6, 6.07) is 12.8. The van der Waals surface area contributed by atoms with Gasteiger partial charge in [-0.15, -0.1) is 0 Å². The number of aryl methyl sites for hydroxylation is 2. The topological polar surface area (TPSA) is 76.5 Å². The minimum atomic E-state index is -1.33. The van der Waals surface area contributed by atoms with E-state index in [1.54, 1.807) is 17.9 Å². The van der Waals surface area contributed by atoms with Gasteiger partial charge in [-0.05, 0) is 62.1 Å². The minimum absolute atomic E-state index is 0.0438. The molecule has 1 amide bonds. The highest BCUT2D eigenvalue weighted by Gasteiger charge is 2.41. The van der Waals surface area contributed by atoms with Crippen molar-refractivity contribution in [1.29, 1.82) is 0 Å². The molecule has 8 heteroatoms. The maximum absolute atomic E-state index is 13.6. The lowest BCUT2D eigenvalue weighted by Crippen LogP contribution is -2.55. The fourth-order valence-corrected chi connectivity index (χ4v) is 5.32. The molecule has 196 valence electrons. The summed E-state index contributed by atoms with van der Waals surface area (Å²) in [6.45, 7) is 8.57. The second-order valence-electron chi connectivity index (χ2n) is 10.6. The molecule has 4 rings (SSSR count). The maximum atomic E-state index is 13.6. The van der Waals surface area contributed by atoms with Crippen LogP contribution in [0.15, 0.2) is 42.5 Å². The van der Waals surface area contributed by atoms with Crippen LogP contribution in [0.25, 0.3) is 0 Å². The predicted octanol–water partition coefficient (Wildman–Crippen LogP) is 2.75. The summed E-state index contributed by atoms with van der Waals surface area (Å²) in [7, 11) is 0. The van der Waals surface area contributed by atoms with Gasteiger partial charge in [0.1, 0.15) is 23.8 Å². The summed E-state index contributed by atoms with van der Waals surface area (Å²) in [5, 5.41) is 23.0. The Bertz CT molecular complexity index is 1070. The van der Waals surface area contributed by atoms with Crippen LogP contribution in [0.2, 0.25) is 0 Å². The van der Waals surface area contributed by atoms with Gasteiger partial charge in [-0.1, -0.05) is 18.2 Å². The molecule has 1 atom stereocenters. The van der Waals surface area contributed by atoms with Crippen molar-refractivity contribution in [2.45, 2.75) is 44.8 Å². The van der Waals surface area contributed by atoms with Crippen LogP contribution in [-0.4, -0.2) is 89.5 Å². The van der Waals surface area contributed by atoms with Gasteiger partial charge in [0.2, 0.25) is 5.91 Å². The van der Waals surface area contributed by atoms with E-state index in [-0.39, 0.29) is 31.4 Å². The van der Waals surface area contributed by atoms with Gasteiger partial charge in [-0.2, -0.15) is 0 Å². The summed E-state index contributed by atoms with van der Waals surface area (Å²) in [5.74, 6) is 0.0408. The fourth-order valence-electron chi connectivity index (χ4n) is 5.32. The van der Waals surface area contributed by atoms with Crippen LogP contribution in [0.5, 0.6) is 5.75 Å². The summed E-state index contributed by atoms with van der Waals surface area (Å²) < 4.78 is 19.5. The average Bonchev–Trinajstić information content (AvgIpc) is 2.99. The number of nitrogens with zero attached hydrogens (tertiary/aromatic N) is 3. The number of amides is 1. The van der Waals surface area contributed by atoms with Crippen LogP contribution >= 0.6 is 0 Å². The number of anilines is 1. The fraction of sp³-hybridized carbons (Fsp3) is 0.536. The molecule has 2 saturated heterocycles. The number of hydrogen-bond donors (Lipinski definition) is 2. The third-order valence-corrected chi connectivity index (χ3v) is 7.44. The van der Waals surface area contributed by atoms with Gasteiger partial charge < -0.3 is 24.7 Å². The van der Waals surface area contributed by atoms with E-state index in [2.05, 4.69) is 24.0 Å². The molecule has 0 saturated carbocycles. The Morgan fingerprint density at radius 2 is 1.69 bits per heavy atom. The molecule has 0 bridgehead atoms. The molecule has 0 unspecified atom stereocenters. The molecule has 2 fully saturated rings. The quantitative estimate of drug-likeness (QED) is 0.637. The first-order valence-electron chi connectivity index (χ1n) is 12.7. The molecular formula is C28H38FN3O4. The lowest BCUT2D eigenvalue weighted by Gasteiger charge is -2.43. The molecule has 0 radical (unpaired) electrons. The second kappa shape index (κ2) is 10.7. The zero-order valence-electron chi connectivity index (χ0n) is 21.5. The van der Waals surface area contributed by atoms with E-state index in [9.17, 15) is 19.4 Å². The van der Waals surface area contributed by atoms with Crippen molar-refractivity contribution in [2.24, 2.45) is 0 Å². The van der Waals surface area contributed by atoms with Gasteiger partial charge in [-0.25, -0.2) is 4.39 Å². The first-order chi connectivity index (χ1) is 17.1. The third-order valence-electron chi connectivity index (χ3n) is 7.44. The molecule has 2 aliphatic heterocycles. The summed E-state index contributed by atoms with van der Waals surface area (Å²) >= 11 is 0. The Hall–Kier alpha value is -2.68. The van der Waals surface area contributed by atoms with Crippen molar-refractivity contribution < 1.29 is 24.1 Å². The second-order valence-corrected chi connectivity index (χ2v) is 10.6. The van der Waals surface area contributed by atoms with E-state index >= 15 is 0 Å². The first kappa shape index (κ1) is 26.4. The van der Waals surface area contributed by atoms with Crippen LogP contribution in [-0.2, 0) is 4.79 Å². The van der Waals surface area contributed by atoms with E-state index in [0.29, 0.717) is 43.8 Å². The Kier molecular flexibility index (Phi) is 7.87. The summed E-state index contributed by atoms with van der Waals surface area (Å²) in [4.78, 5) is 18.2. The van der Waals surface area contributed by atoms with Crippen molar-refractivity contribution in [3.05, 3.63) is 59.4 Å². The molecule has 7 nitrogen and oxygen atoms in total. The number of carbonyl (C=O) groups is 1. The highest BCUT2D eigenvalue weighted by Crippen LogP contribution is 2.30. The van der Waals surface area contributed by atoms with Crippen molar-refractivity contribution in [3.8, 4) is 5.75 Å². The standard InChI is InChI=1S/C28H38FN3O4/c1-21-6-4-5-7-26(21)31-12-10-27(34,11-13-31)17-30-14-15-32(23(3)33)19-28(35,18-30)20-36-24-8-9-25(29)22(2)16-24/h4-9,16,34-35H,10-15,17-20H2,1-3H3/t28-/m1/s1. The van der Waals surface area contributed by atoms with Gasteiger partial charge in [0.05, 0.1) is 12.1 Å². The highest BCUT2D eigenvalue weighted by atomic mass is 19.1. The van der Waals surface area contributed by atoms with Crippen LogP contribution in [0.4, 0.5) is 10.1 Å². The van der Waals surface area contributed by atoms with Crippen molar-refractivity contribution in [3.63, 3.8) is 0 Å². The largest absolute Gasteiger partial charge is 0.490 e. The van der Waals surface area contributed by atoms with Gasteiger partial charge >= 0.3 is 0 Å². The molecular weight excluding hydrogens is 461 g/mol.